The number of carbonyl (C=O) groups is 2. The molecule has 0 bridgehead atoms. The highest BCUT2D eigenvalue weighted by Gasteiger charge is 2.24. The Balaban J connectivity index is 2.07. The van der Waals surface area contributed by atoms with E-state index in [0.717, 1.165) is 56.1 Å². The molecule has 1 aliphatic carbocycles. The summed E-state index contributed by atoms with van der Waals surface area (Å²) in [5, 5.41) is 0. The van der Waals surface area contributed by atoms with Gasteiger partial charge in [-0.05, 0) is 32.1 Å². The number of rotatable bonds is 26. The molecular formula is C33H60O2. The van der Waals surface area contributed by atoms with Crippen LogP contribution in [0.5, 0.6) is 0 Å². The van der Waals surface area contributed by atoms with Crippen molar-refractivity contribution in [1.29, 1.82) is 0 Å². The average molecular weight is 489 g/mol. The SMILES string of the molecule is CCCCCCCCCCCCCC(=O)C1=C(C(=O)CCCCCCCCCCCCC)CCC1. The van der Waals surface area contributed by atoms with E-state index in [2.05, 4.69) is 13.8 Å². The van der Waals surface area contributed by atoms with Crippen molar-refractivity contribution < 1.29 is 9.59 Å². The Labute approximate surface area is 219 Å². The van der Waals surface area contributed by atoms with Crippen molar-refractivity contribution in [3.05, 3.63) is 11.1 Å². The van der Waals surface area contributed by atoms with Crippen LogP contribution in [0.3, 0.4) is 0 Å². The number of hydrogen-bond donors (Lipinski definition) is 0. The van der Waals surface area contributed by atoms with Crippen LogP contribution in [0.1, 0.15) is 187 Å². The van der Waals surface area contributed by atoms with Gasteiger partial charge < -0.3 is 0 Å². The normalized spacial score (nSPS) is 13.7. The maximum atomic E-state index is 12.8. The first-order chi connectivity index (χ1) is 17.2. The fraction of sp³-hybridized carbons (Fsp3) is 0.879. The first-order valence-electron chi connectivity index (χ1n) is 16.0. The van der Waals surface area contributed by atoms with E-state index >= 15 is 0 Å². The molecule has 2 nitrogen and oxygen atoms in total. The van der Waals surface area contributed by atoms with E-state index in [1.54, 1.807) is 0 Å². The van der Waals surface area contributed by atoms with Crippen LogP contribution in [0.25, 0.3) is 0 Å². The fourth-order valence-corrected chi connectivity index (χ4v) is 5.56. The summed E-state index contributed by atoms with van der Waals surface area (Å²) in [6.07, 6.45) is 32.7. The largest absolute Gasteiger partial charge is 0.295 e. The minimum atomic E-state index is 0.278. The summed E-state index contributed by atoms with van der Waals surface area (Å²) in [5.41, 5.74) is 1.82. The highest BCUT2D eigenvalue weighted by Crippen LogP contribution is 2.30. The van der Waals surface area contributed by atoms with Crippen molar-refractivity contribution in [1.82, 2.24) is 0 Å². The van der Waals surface area contributed by atoms with Crippen LogP contribution >= 0.6 is 0 Å². The van der Waals surface area contributed by atoms with Crippen LogP contribution in [0.2, 0.25) is 0 Å². The first kappa shape index (κ1) is 32.1. The monoisotopic (exact) mass is 488 g/mol. The zero-order valence-electron chi connectivity index (χ0n) is 23.9. The van der Waals surface area contributed by atoms with Gasteiger partial charge in [-0.25, -0.2) is 0 Å². The first-order valence-corrected chi connectivity index (χ1v) is 16.0. The Bertz CT molecular complexity index is 511. The molecule has 0 aliphatic heterocycles. The summed E-state index contributed by atoms with van der Waals surface area (Å²) >= 11 is 0. The van der Waals surface area contributed by atoms with Gasteiger partial charge in [0.2, 0.25) is 0 Å². The van der Waals surface area contributed by atoms with Gasteiger partial charge in [0.15, 0.2) is 11.6 Å². The molecule has 0 aromatic rings. The molecule has 0 amide bonds. The lowest BCUT2D eigenvalue weighted by Crippen LogP contribution is -2.08. The number of hydrogen-bond acceptors (Lipinski definition) is 2. The third-order valence-electron chi connectivity index (χ3n) is 7.91. The van der Waals surface area contributed by atoms with Crippen LogP contribution in [-0.2, 0) is 9.59 Å². The van der Waals surface area contributed by atoms with Crippen molar-refractivity contribution >= 4 is 11.6 Å². The molecule has 1 aliphatic rings. The van der Waals surface area contributed by atoms with Gasteiger partial charge in [0.05, 0.1) is 0 Å². The Kier molecular flexibility index (Phi) is 21.5. The van der Waals surface area contributed by atoms with Gasteiger partial charge in [-0.15, -0.1) is 0 Å². The molecule has 35 heavy (non-hydrogen) atoms. The van der Waals surface area contributed by atoms with E-state index in [4.69, 9.17) is 0 Å². The average Bonchev–Trinajstić information content (AvgIpc) is 3.36. The number of allylic oxidation sites excluding steroid dienone is 2. The molecule has 0 aromatic heterocycles. The predicted molar refractivity (Wildman–Crippen MR) is 153 cm³/mol. The van der Waals surface area contributed by atoms with Crippen molar-refractivity contribution in [2.45, 2.75) is 187 Å². The third kappa shape index (κ3) is 17.2. The molecule has 0 fully saturated rings. The lowest BCUT2D eigenvalue weighted by atomic mass is 9.96. The zero-order chi connectivity index (χ0) is 25.4. The molecule has 0 spiro atoms. The number of carbonyl (C=O) groups excluding carboxylic acids is 2. The van der Waals surface area contributed by atoms with Crippen molar-refractivity contribution in [3.63, 3.8) is 0 Å². The van der Waals surface area contributed by atoms with Crippen LogP contribution in [-0.4, -0.2) is 11.6 Å². The molecule has 0 saturated heterocycles. The molecule has 0 radical (unpaired) electrons. The second kappa shape index (κ2) is 23.5. The molecule has 1 rings (SSSR count). The zero-order valence-corrected chi connectivity index (χ0v) is 23.9. The topological polar surface area (TPSA) is 34.1 Å². The second-order valence-electron chi connectivity index (χ2n) is 11.2. The minimum absolute atomic E-state index is 0.278. The van der Waals surface area contributed by atoms with Crippen molar-refractivity contribution in [2.75, 3.05) is 0 Å². The second-order valence-corrected chi connectivity index (χ2v) is 11.2. The van der Waals surface area contributed by atoms with Gasteiger partial charge in [-0.3, -0.25) is 9.59 Å². The van der Waals surface area contributed by atoms with Gasteiger partial charge in [-0.1, -0.05) is 142 Å². The highest BCUT2D eigenvalue weighted by molar-refractivity contribution is 6.07. The van der Waals surface area contributed by atoms with E-state index in [0.29, 0.717) is 12.8 Å². The summed E-state index contributed by atoms with van der Waals surface area (Å²) < 4.78 is 0. The van der Waals surface area contributed by atoms with Gasteiger partial charge in [-0.2, -0.15) is 0 Å². The molecule has 0 atom stereocenters. The molecule has 0 N–H and O–H groups in total. The molecule has 2 heteroatoms. The van der Waals surface area contributed by atoms with Crippen LogP contribution in [0, 0.1) is 0 Å². The van der Waals surface area contributed by atoms with Gasteiger partial charge >= 0.3 is 0 Å². The van der Waals surface area contributed by atoms with E-state index in [1.807, 2.05) is 0 Å². The third-order valence-corrected chi connectivity index (χ3v) is 7.91. The van der Waals surface area contributed by atoms with Gasteiger partial charge in [0, 0.05) is 24.0 Å². The van der Waals surface area contributed by atoms with E-state index in [9.17, 15) is 9.59 Å². The Morgan fingerprint density at radius 3 is 0.971 bits per heavy atom. The standard InChI is InChI=1S/C33H60O2/c1-3-5-7-9-11-13-15-17-19-21-23-28-32(34)30-26-25-27-31(30)33(35)29-24-22-20-18-16-14-12-10-8-6-4-2/h3-29H2,1-2H3. The summed E-state index contributed by atoms with van der Waals surface area (Å²) in [6, 6.07) is 0. The molecular weight excluding hydrogens is 428 g/mol. The van der Waals surface area contributed by atoms with Crippen LogP contribution < -0.4 is 0 Å². The number of unbranched alkanes of at least 4 members (excludes halogenated alkanes) is 20. The summed E-state index contributed by atoms with van der Waals surface area (Å²) in [6.45, 7) is 4.54. The molecule has 0 heterocycles. The van der Waals surface area contributed by atoms with Crippen molar-refractivity contribution in [3.8, 4) is 0 Å². The number of ketones is 2. The highest BCUT2D eigenvalue weighted by atomic mass is 16.1. The minimum Gasteiger partial charge on any atom is -0.295 e. The summed E-state index contributed by atoms with van der Waals surface area (Å²) in [7, 11) is 0. The lowest BCUT2D eigenvalue weighted by molar-refractivity contribution is -0.118. The fourth-order valence-electron chi connectivity index (χ4n) is 5.56. The van der Waals surface area contributed by atoms with Crippen LogP contribution in [0.15, 0.2) is 11.1 Å². The van der Waals surface area contributed by atoms with Crippen molar-refractivity contribution in [2.24, 2.45) is 0 Å². The van der Waals surface area contributed by atoms with E-state index in [-0.39, 0.29) is 11.6 Å². The Morgan fingerprint density at radius 1 is 0.429 bits per heavy atom. The molecule has 204 valence electrons. The summed E-state index contributed by atoms with van der Waals surface area (Å²) in [5.74, 6) is 0.557. The van der Waals surface area contributed by atoms with Gasteiger partial charge in [0.25, 0.3) is 0 Å². The molecule has 0 saturated carbocycles. The van der Waals surface area contributed by atoms with E-state index < -0.39 is 0 Å². The number of Topliss-reactive ketones (excluding diaryl/α,β-unsaturated/α-hetero) is 2. The van der Waals surface area contributed by atoms with Crippen LogP contribution in [0.4, 0.5) is 0 Å². The Hall–Kier alpha value is -0.920. The lowest BCUT2D eigenvalue weighted by Gasteiger charge is -2.07. The van der Waals surface area contributed by atoms with E-state index in [1.165, 1.54) is 116 Å². The van der Waals surface area contributed by atoms with Gasteiger partial charge in [0.1, 0.15) is 0 Å². The molecule has 0 aromatic carbocycles. The molecule has 0 unspecified atom stereocenters. The predicted octanol–water partition coefficient (Wildman–Crippen LogP) is 11.0. The Morgan fingerprint density at radius 2 is 0.686 bits per heavy atom. The summed E-state index contributed by atoms with van der Waals surface area (Å²) in [4.78, 5) is 25.5. The smallest absolute Gasteiger partial charge is 0.159 e. The maximum absolute atomic E-state index is 12.8. The maximum Gasteiger partial charge on any atom is 0.159 e. The quantitative estimate of drug-likeness (QED) is 0.113.